The minimum Gasteiger partial charge on any atom is -0.465 e. The lowest BCUT2D eigenvalue weighted by Crippen LogP contribution is -2.35. The zero-order chi connectivity index (χ0) is 20.0. The lowest BCUT2D eigenvalue weighted by Gasteiger charge is -2.29. The van der Waals surface area contributed by atoms with E-state index in [1.165, 1.54) is 32.1 Å². The highest BCUT2D eigenvalue weighted by atomic mass is 16.5. The molecule has 3 atom stereocenters. The van der Waals surface area contributed by atoms with E-state index in [9.17, 15) is 9.59 Å². The van der Waals surface area contributed by atoms with E-state index >= 15 is 0 Å². The highest BCUT2D eigenvalue weighted by molar-refractivity contribution is 5.82. The highest BCUT2D eigenvalue weighted by Crippen LogP contribution is 2.32. The van der Waals surface area contributed by atoms with Crippen molar-refractivity contribution in [2.24, 2.45) is 17.8 Å². The van der Waals surface area contributed by atoms with Gasteiger partial charge in [-0.25, -0.2) is 0 Å². The van der Waals surface area contributed by atoms with E-state index in [2.05, 4.69) is 19.1 Å². The molecule has 0 saturated heterocycles. The molecule has 2 rings (SSSR count). The van der Waals surface area contributed by atoms with Crippen molar-refractivity contribution in [1.82, 2.24) is 0 Å². The van der Waals surface area contributed by atoms with Crippen LogP contribution in [-0.2, 0) is 19.1 Å². The van der Waals surface area contributed by atoms with E-state index in [0.717, 1.165) is 57.8 Å². The van der Waals surface area contributed by atoms with Crippen molar-refractivity contribution < 1.29 is 19.1 Å². The van der Waals surface area contributed by atoms with E-state index in [4.69, 9.17) is 9.47 Å². The van der Waals surface area contributed by atoms with Gasteiger partial charge in [0.1, 0.15) is 0 Å². The summed E-state index contributed by atoms with van der Waals surface area (Å²) in [6, 6.07) is 0. The molecule has 3 unspecified atom stereocenters. The van der Waals surface area contributed by atoms with Crippen LogP contribution in [0.5, 0.6) is 0 Å². The summed E-state index contributed by atoms with van der Waals surface area (Å²) >= 11 is 0. The van der Waals surface area contributed by atoms with Gasteiger partial charge in [0.15, 0.2) is 0 Å². The van der Waals surface area contributed by atoms with Crippen molar-refractivity contribution in [3.8, 4) is 0 Å². The second kappa shape index (κ2) is 13.8. The standard InChI is InChI=1S/C24H40O4/c1-2-3-4-5-6-7-13-18-27-23(25)21-16-11-12-17-22(21)24(26)28-19-20-14-9-8-10-15-20/h8-9,20-22H,2-7,10-19H2,1H3. The first-order valence-electron chi connectivity index (χ1n) is 11.7. The van der Waals surface area contributed by atoms with Crippen molar-refractivity contribution in [3.05, 3.63) is 12.2 Å². The second-order valence-electron chi connectivity index (χ2n) is 8.57. The van der Waals surface area contributed by atoms with Crippen LogP contribution in [0.25, 0.3) is 0 Å². The minimum absolute atomic E-state index is 0.187. The Bertz CT molecular complexity index is 485. The summed E-state index contributed by atoms with van der Waals surface area (Å²) in [6.07, 6.45) is 19.4. The molecule has 0 amide bonds. The van der Waals surface area contributed by atoms with Gasteiger partial charge in [-0.3, -0.25) is 9.59 Å². The minimum atomic E-state index is -0.311. The molecule has 0 spiro atoms. The fourth-order valence-electron chi connectivity index (χ4n) is 4.35. The number of allylic oxidation sites excluding steroid dienone is 2. The van der Waals surface area contributed by atoms with Crippen molar-refractivity contribution in [2.75, 3.05) is 13.2 Å². The maximum atomic E-state index is 12.6. The molecule has 0 bridgehead atoms. The van der Waals surface area contributed by atoms with Crippen LogP contribution in [0.15, 0.2) is 12.2 Å². The first kappa shape index (κ1) is 23.0. The Balaban J connectivity index is 1.66. The number of unbranched alkanes of at least 4 members (excludes halogenated alkanes) is 6. The third kappa shape index (κ3) is 8.36. The first-order valence-corrected chi connectivity index (χ1v) is 11.7. The van der Waals surface area contributed by atoms with Crippen molar-refractivity contribution in [2.45, 2.75) is 96.8 Å². The summed E-state index contributed by atoms with van der Waals surface area (Å²) in [5, 5.41) is 0. The summed E-state index contributed by atoms with van der Waals surface area (Å²) in [5.74, 6) is -0.563. The van der Waals surface area contributed by atoms with Gasteiger partial charge in [0, 0.05) is 0 Å². The summed E-state index contributed by atoms with van der Waals surface area (Å²) in [6.45, 7) is 3.19. The number of rotatable bonds is 12. The number of carbonyl (C=O) groups is 2. The van der Waals surface area contributed by atoms with E-state index in [1.54, 1.807) is 0 Å². The molecule has 4 heteroatoms. The van der Waals surface area contributed by atoms with E-state index < -0.39 is 0 Å². The first-order chi connectivity index (χ1) is 13.7. The van der Waals surface area contributed by atoms with Crippen molar-refractivity contribution in [1.29, 1.82) is 0 Å². The fourth-order valence-corrected chi connectivity index (χ4v) is 4.35. The summed E-state index contributed by atoms with van der Waals surface area (Å²) in [7, 11) is 0. The lowest BCUT2D eigenvalue weighted by atomic mass is 9.79. The average molecular weight is 393 g/mol. The molecule has 0 aromatic heterocycles. The third-order valence-electron chi connectivity index (χ3n) is 6.20. The van der Waals surface area contributed by atoms with Gasteiger partial charge < -0.3 is 9.47 Å². The number of hydrogen-bond acceptors (Lipinski definition) is 4. The molecule has 2 aliphatic carbocycles. The SMILES string of the molecule is CCCCCCCCCOC(=O)C1CCCCC1C(=O)OCC1CC=CCC1. The number of esters is 2. The highest BCUT2D eigenvalue weighted by Gasteiger charge is 2.38. The smallest absolute Gasteiger partial charge is 0.309 e. The van der Waals surface area contributed by atoms with Crippen LogP contribution in [0.2, 0.25) is 0 Å². The Morgan fingerprint density at radius 3 is 2.11 bits per heavy atom. The van der Waals surface area contributed by atoms with E-state index in [-0.39, 0.29) is 23.8 Å². The van der Waals surface area contributed by atoms with Crippen LogP contribution in [0, 0.1) is 17.8 Å². The molecule has 1 fully saturated rings. The topological polar surface area (TPSA) is 52.6 Å². The molecule has 28 heavy (non-hydrogen) atoms. The number of hydrogen-bond donors (Lipinski definition) is 0. The Morgan fingerprint density at radius 2 is 1.46 bits per heavy atom. The fraction of sp³-hybridized carbons (Fsp3) is 0.833. The molecule has 160 valence electrons. The average Bonchev–Trinajstić information content (AvgIpc) is 2.74. The van der Waals surface area contributed by atoms with E-state index in [0.29, 0.717) is 19.1 Å². The van der Waals surface area contributed by atoms with Gasteiger partial charge in [-0.2, -0.15) is 0 Å². The van der Waals surface area contributed by atoms with Gasteiger partial charge in [-0.05, 0) is 44.4 Å². The maximum Gasteiger partial charge on any atom is 0.309 e. The van der Waals surface area contributed by atoms with Crippen LogP contribution in [-0.4, -0.2) is 25.2 Å². The Kier molecular flexibility index (Phi) is 11.3. The monoisotopic (exact) mass is 392 g/mol. The van der Waals surface area contributed by atoms with Crippen LogP contribution in [0.1, 0.15) is 96.8 Å². The molecule has 0 radical (unpaired) electrons. The number of ether oxygens (including phenoxy) is 2. The lowest BCUT2D eigenvalue weighted by molar-refractivity contribution is -0.163. The Labute approximate surface area is 171 Å². The molecule has 4 nitrogen and oxygen atoms in total. The molecule has 2 aliphatic rings. The normalized spacial score (nSPS) is 24.7. The van der Waals surface area contributed by atoms with Crippen LogP contribution in [0.4, 0.5) is 0 Å². The summed E-state index contributed by atoms with van der Waals surface area (Å²) in [5.41, 5.74) is 0. The largest absolute Gasteiger partial charge is 0.465 e. The zero-order valence-corrected chi connectivity index (χ0v) is 17.8. The van der Waals surface area contributed by atoms with Gasteiger partial charge in [0.2, 0.25) is 0 Å². The van der Waals surface area contributed by atoms with Gasteiger partial charge in [-0.1, -0.05) is 70.4 Å². The molecule has 0 aromatic rings. The second-order valence-corrected chi connectivity index (χ2v) is 8.57. The summed E-state index contributed by atoms with van der Waals surface area (Å²) < 4.78 is 11.1. The predicted molar refractivity (Wildman–Crippen MR) is 112 cm³/mol. The maximum absolute atomic E-state index is 12.6. The van der Waals surface area contributed by atoms with Gasteiger partial charge >= 0.3 is 11.9 Å². The van der Waals surface area contributed by atoms with E-state index in [1.807, 2.05) is 0 Å². The molecule has 0 N–H and O–H groups in total. The molecule has 0 aliphatic heterocycles. The molecule has 1 saturated carbocycles. The Morgan fingerprint density at radius 1 is 0.821 bits per heavy atom. The van der Waals surface area contributed by atoms with Gasteiger partial charge in [0.05, 0.1) is 25.0 Å². The quantitative estimate of drug-likeness (QED) is 0.233. The van der Waals surface area contributed by atoms with Crippen molar-refractivity contribution >= 4 is 11.9 Å². The van der Waals surface area contributed by atoms with Gasteiger partial charge in [0.25, 0.3) is 0 Å². The molecule has 0 heterocycles. The third-order valence-corrected chi connectivity index (χ3v) is 6.20. The number of carbonyl (C=O) groups excluding carboxylic acids is 2. The van der Waals surface area contributed by atoms with Crippen molar-refractivity contribution in [3.63, 3.8) is 0 Å². The molecular formula is C24H40O4. The zero-order valence-electron chi connectivity index (χ0n) is 17.8. The Hall–Kier alpha value is -1.32. The predicted octanol–water partition coefficient (Wildman–Crippen LogP) is 5.99. The summed E-state index contributed by atoms with van der Waals surface area (Å²) in [4.78, 5) is 25.2. The van der Waals surface area contributed by atoms with Crippen LogP contribution < -0.4 is 0 Å². The van der Waals surface area contributed by atoms with Crippen LogP contribution >= 0.6 is 0 Å². The molecule has 0 aromatic carbocycles. The molecular weight excluding hydrogens is 352 g/mol. The van der Waals surface area contributed by atoms with Crippen LogP contribution in [0.3, 0.4) is 0 Å². The van der Waals surface area contributed by atoms with Gasteiger partial charge in [-0.15, -0.1) is 0 Å².